The molecule has 0 spiro atoms. The van der Waals surface area contributed by atoms with Gasteiger partial charge in [0.05, 0.1) is 6.33 Å². The second-order valence-corrected chi connectivity index (χ2v) is 2.81. The van der Waals surface area contributed by atoms with Crippen LogP contribution in [0.25, 0.3) is 5.69 Å². The monoisotopic (exact) mass is 182 g/mol. The Bertz CT molecular complexity index is 356. The first-order chi connectivity index (χ1) is 5.86. The van der Waals surface area contributed by atoms with Crippen molar-refractivity contribution < 1.29 is 31.0 Å². The second kappa shape index (κ2) is 4.61. The number of nitrogens with zero attached hydrogens (tertiary/aromatic N) is 2. The number of rotatable bonds is 1. The van der Waals surface area contributed by atoms with Gasteiger partial charge < -0.3 is 5.99 Å². The number of hydrogen-bond donors (Lipinski definition) is 0. The molecule has 0 amide bonds. The number of benzene rings is 1. The van der Waals surface area contributed by atoms with Crippen LogP contribution in [0.2, 0.25) is 0 Å². The normalized spacial score (nSPS) is 9.31. The number of hydrogen-bond acceptors (Lipinski definition) is 1. The van der Waals surface area contributed by atoms with Crippen LogP contribution in [0.3, 0.4) is 0 Å². The molecule has 2 rings (SSSR count). The predicted octanol–water partition coefficient (Wildman–Crippen LogP) is -0.703. The van der Waals surface area contributed by atoms with Gasteiger partial charge >= 0.3 is 29.6 Å². The van der Waals surface area contributed by atoms with Crippen molar-refractivity contribution in [3.63, 3.8) is 0 Å². The molecule has 62 valence electrons. The summed E-state index contributed by atoms with van der Waals surface area (Å²) in [6.45, 7) is 2.08. The largest absolute Gasteiger partial charge is 1.00 e. The van der Waals surface area contributed by atoms with Crippen molar-refractivity contribution in [3.05, 3.63) is 48.5 Å². The van der Waals surface area contributed by atoms with E-state index in [0.29, 0.717) is 0 Å². The molecule has 0 saturated carbocycles. The van der Waals surface area contributed by atoms with Crippen LogP contribution in [-0.2, 0) is 0 Å². The Kier molecular flexibility index (Phi) is 3.72. The molecule has 1 heterocycles. The van der Waals surface area contributed by atoms with Crippen molar-refractivity contribution in [1.82, 2.24) is 9.55 Å². The van der Waals surface area contributed by atoms with Crippen molar-refractivity contribution in [1.29, 1.82) is 0 Å². The van der Waals surface area contributed by atoms with E-state index in [0.717, 1.165) is 5.69 Å². The molecule has 1 aromatic heterocycles. The maximum absolute atomic E-state index is 3.98. The number of aromatic nitrogens is 2. The van der Waals surface area contributed by atoms with E-state index in [9.17, 15) is 0 Å². The van der Waals surface area contributed by atoms with Crippen molar-refractivity contribution in [3.8, 4) is 5.69 Å². The molecule has 13 heavy (non-hydrogen) atoms. The molecular formula is C10H11N2Na. The molecule has 0 unspecified atom stereocenters. The fourth-order valence-electron chi connectivity index (χ4n) is 1.13. The van der Waals surface area contributed by atoms with Gasteiger partial charge in [0.25, 0.3) is 0 Å². The average Bonchev–Trinajstić information content (AvgIpc) is 2.58. The Balaban J connectivity index is 0.000000845. The minimum Gasteiger partial charge on any atom is -1.00 e. The summed E-state index contributed by atoms with van der Waals surface area (Å²) in [4.78, 5) is 3.98. The SMILES string of the molecule is Cc1ccc(-n2ccnc2)cc1.[H-].[Na+]. The van der Waals surface area contributed by atoms with Crippen molar-refractivity contribution in [2.45, 2.75) is 6.92 Å². The summed E-state index contributed by atoms with van der Waals surface area (Å²) in [6.07, 6.45) is 5.51. The molecule has 1 aromatic carbocycles. The van der Waals surface area contributed by atoms with Crippen molar-refractivity contribution in [2.24, 2.45) is 0 Å². The molecule has 0 atom stereocenters. The van der Waals surface area contributed by atoms with Crippen LogP contribution >= 0.6 is 0 Å². The minimum atomic E-state index is 0. The van der Waals surface area contributed by atoms with Gasteiger partial charge in [-0.05, 0) is 19.1 Å². The zero-order valence-corrected chi connectivity index (χ0v) is 9.94. The Hall–Kier alpha value is -0.570. The fraction of sp³-hybridized carbons (Fsp3) is 0.100. The summed E-state index contributed by atoms with van der Waals surface area (Å²) >= 11 is 0. The van der Waals surface area contributed by atoms with E-state index in [1.54, 1.807) is 12.5 Å². The van der Waals surface area contributed by atoms with Crippen molar-refractivity contribution >= 4 is 0 Å². The van der Waals surface area contributed by atoms with Gasteiger partial charge in [0.2, 0.25) is 0 Å². The van der Waals surface area contributed by atoms with Gasteiger partial charge in [0, 0.05) is 18.1 Å². The van der Waals surface area contributed by atoms with E-state index >= 15 is 0 Å². The second-order valence-electron chi connectivity index (χ2n) is 2.81. The van der Waals surface area contributed by atoms with Gasteiger partial charge in [-0.2, -0.15) is 0 Å². The maximum Gasteiger partial charge on any atom is 1.00 e. The number of aryl methyl sites for hydroxylation is 1. The van der Waals surface area contributed by atoms with Gasteiger partial charge in [-0.1, -0.05) is 17.7 Å². The molecule has 0 aliphatic heterocycles. The summed E-state index contributed by atoms with van der Waals surface area (Å²) < 4.78 is 1.99. The van der Waals surface area contributed by atoms with Gasteiger partial charge in [-0.3, -0.25) is 0 Å². The minimum absolute atomic E-state index is 0. The smallest absolute Gasteiger partial charge is 1.00 e. The summed E-state index contributed by atoms with van der Waals surface area (Å²) in [7, 11) is 0. The summed E-state index contributed by atoms with van der Waals surface area (Å²) in [5.41, 5.74) is 2.43. The first-order valence-electron chi connectivity index (χ1n) is 3.91. The van der Waals surface area contributed by atoms with Gasteiger partial charge in [-0.25, -0.2) is 4.98 Å². The van der Waals surface area contributed by atoms with Crippen LogP contribution in [0.4, 0.5) is 0 Å². The third-order valence-corrected chi connectivity index (χ3v) is 1.84. The summed E-state index contributed by atoms with van der Waals surface area (Å²) in [5.74, 6) is 0. The van der Waals surface area contributed by atoms with E-state index in [4.69, 9.17) is 0 Å². The molecule has 0 N–H and O–H groups in total. The van der Waals surface area contributed by atoms with Crippen LogP contribution < -0.4 is 29.6 Å². The third-order valence-electron chi connectivity index (χ3n) is 1.84. The van der Waals surface area contributed by atoms with Gasteiger partial charge in [-0.15, -0.1) is 0 Å². The molecule has 0 aliphatic carbocycles. The zero-order valence-electron chi connectivity index (χ0n) is 8.94. The molecule has 2 aromatic rings. The molecule has 0 fully saturated rings. The zero-order chi connectivity index (χ0) is 8.39. The first-order valence-corrected chi connectivity index (χ1v) is 3.91. The summed E-state index contributed by atoms with van der Waals surface area (Å²) in [6, 6.07) is 8.35. The van der Waals surface area contributed by atoms with E-state index in [2.05, 4.69) is 36.2 Å². The Morgan fingerprint density at radius 3 is 2.46 bits per heavy atom. The van der Waals surface area contributed by atoms with Crippen molar-refractivity contribution in [2.75, 3.05) is 0 Å². The molecule has 0 saturated heterocycles. The molecule has 0 aliphatic rings. The predicted molar refractivity (Wildman–Crippen MR) is 49.4 cm³/mol. The van der Waals surface area contributed by atoms with Crippen LogP contribution in [0, 0.1) is 6.92 Å². The van der Waals surface area contributed by atoms with Crippen LogP contribution in [0.1, 0.15) is 6.99 Å². The molecule has 0 radical (unpaired) electrons. The van der Waals surface area contributed by atoms with E-state index in [1.165, 1.54) is 5.56 Å². The molecule has 2 nitrogen and oxygen atoms in total. The molecule has 0 bridgehead atoms. The van der Waals surface area contributed by atoms with Crippen LogP contribution in [0.5, 0.6) is 0 Å². The van der Waals surface area contributed by atoms with E-state index < -0.39 is 0 Å². The van der Waals surface area contributed by atoms with Crippen LogP contribution in [0.15, 0.2) is 43.0 Å². The average molecular weight is 182 g/mol. The Morgan fingerprint density at radius 2 is 1.92 bits per heavy atom. The van der Waals surface area contributed by atoms with E-state index in [1.807, 2.05) is 10.8 Å². The van der Waals surface area contributed by atoms with Crippen LogP contribution in [-0.4, -0.2) is 9.55 Å². The summed E-state index contributed by atoms with van der Waals surface area (Å²) in [5, 5.41) is 0. The van der Waals surface area contributed by atoms with E-state index in [-0.39, 0.29) is 31.0 Å². The quantitative estimate of drug-likeness (QED) is 0.533. The third kappa shape index (κ3) is 2.44. The standard InChI is InChI=1S/C10H10N2.Na.H/c1-9-2-4-10(5-3-9)12-7-6-11-8-12;;/h2-8H,1H3;;/q;+1;-1. The Morgan fingerprint density at radius 1 is 1.23 bits per heavy atom. The molecular weight excluding hydrogens is 171 g/mol. The maximum atomic E-state index is 3.98. The first kappa shape index (κ1) is 10.5. The Labute approximate surface area is 101 Å². The fourth-order valence-corrected chi connectivity index (χ4v) is 1.13. The molecule has 3 heteroatoms. The topological polar surface area (TPSA) is 17.8 Å². The van der Waals surface area contributed by atoms with Gasteiger partial charge in [0.15, 0.2) is 0 Å². The van der Waals surface area contributed by atoms with Gasteiger partial charge in [0.1, 0.15) is 0 Å². The number of imidazole rings is 1.